The Morgan fingerprint density at radius 1 is 1.03 bits per heavy atom. The molecule has 6 nitrogen and oxygen atoms in total. The quantitative estimate of drug-likeness (QED) is 0.676. The van der Waals surface area contributed by atoms with Gasteiger partial charge < -0.3 is 14.7 Å². The number of hydrogen-bond acceptors (Lipinski definition) is 5. The summed E-state index contributed by atoms with van der Waals surface area (Å²) in [5, 5.41) is 9.68. The summed E-state index contributed by atoms with van der Waals surface area (Å²) in [4.78, 5) is 30.4. The molecule has 1 N–H and O–H groups in total. The fourth-order valence-corrected chi connectivity index (χ4v) is 4.42. The van der Waals surface area contributed by atoms with Crippen LogP contribution in [0.4, 0.5) is 0 Å². The minimum atomic E-state index is -0.280. The van der Waals surface area contributed by atoms with Crippen LogP contribution in [-0.4, -0.2) is 52.5 Å². The normalized spacial score (nSPS) is 19.3. The molecular formula is C26H30N2O4. The minimum absolute atomic E-state index is 0.0513. The fourth-order valence-electron chi connectivity index (χ4n) is 4.42. The van der Waals surface area contributed by atoms with Crippen molar-refractivity contribution >= 4 is 17.4 Å². The summed E-state index contributed by atoms with van der Waals surface area (Å²) < 4.78 is 5.74. The average Bonchev–Trinajstić information content (AvgIpc) is 3.05. The lowest BCUT2D eigenvalue weighted by molar-refractivity contribution is -0.138. The number of carbonyl (C=O) groups excluding carboxylic acids is 2. The Hall–Kier alpha value is -3.12. The Labute approximate surface area is 189 Å². The average molecular weight is 435 g/mol. The van der Waals surface area contributed by atoms with Crippen LogP contribution in [0.3, 0.4) is 0 Å². The number of nitrogens with zero attached hydrogens (tertiary/aromatic N) is 2. The standard InChI is InChI=1S/C26H30N2O4/c1-18(2)32-22-12-10-21(11-13-22)23-24(27-14-6-9-20(15-27)17-29)26(31)28(25(23)30)16-19-7-4-3-5-8-19/h3-5,7-8,10-13,18,20,29H,6,9,14-17H2,1-2H3. The first-order valence-electron chi connectivity index (χ1n) is 11.2. The van der Waals surface area contributed by atoms with Gasteiger partial charge in [-0.2, -0.15) is 0 Å². The van der Waals surface area contributed by atoms with Crippen LogP contribution in [0.15, 0.2) is 60.3 Å². The van der Waals surface area contributed by atoms with Crippen molar-refractivity contribution in [3.63, 3.8) is 0 Å². The molecule has 2 aromatic rings. The molecule has 0 radical (unpaired) electrons. The number of piperidine rings is 1. The van der Waals surface area contributed by atoms with Gasteiger partial charge in [-0.15, -0.1) is 0 Å². The first-order chi connectivity index (χ1) is 15.5. The Morgan fingerprint density at radius 2 is 1.75 bits per heavy atom. The predicted molar refractivity (Wildman–Crippen MR) is 123 cm³/mol. The van der Waals surface area contributed by atoms with Crippen LogP contribution in [0, 0.1) is 5.92 Å². The topological polar surface area (TPSA) is 70.1 Å². The van der Waals surface area contributed by atoms with Crippen LogP contribution < -0.4 is 4.74 Å². The lowest BCUT2D eigenvalue weighted by Gasteiger charge is -2.34. The number of likely N-dealkylation sites (tertiary alicyclic amines) is 1. The highest BCUT2D eigenvalue weighted by atomic mass is 16.5. The molecule has 4 rings (SSSR count). The van der Waals surface area contributed by atoms with Gasteiger partial charge in [-0.25, -0.2) is 0 Å². The molecule has 32 heavy (non-hydrogen) atoms. The molecule has 1 atom stereocenters. The van der Waals surface area contributed by atoms with Gasteiger partial charge in [0.05, 0.1) is 18.2 Å². The van der Waals surface area contributed by atoms with Crippen LogP contribution in [0.25, 0.3) is 5.57 Å². The monoisotopic (exact) mass is 434 g/mol. The van der Waals surface area contributed by atoms with E-state index < -0.39 is 0 Å². The summed E-state index contributed by atoms with van der Waals surface area (Å²) in [6.45, 7) is 5.50. The smallest absolute Gasteiger partial charge is 0.278 e. The number of aliphatic hydroxyl groups excluding tert-OH is 1. The fraction of sp³-hybridized carbons (Fsp3) is 0.385. The van der Waals surface area contributed by atoms with E-state index >= 15 is 0 Å². The van der Waals surface area contributed by atoms with Crippen molar-refractivity contribution in [1.29, 1.82) is 0 Å². The van der Waals surface area contributed by atoms with Gasteiger partial charge in [0.1, 0.15) is 11.4 Å². The van der Waals surface area contributed by atoms with Crippen molar-refractivity contribution in [2.24, 2.45) is 5.92 Å². The number of hydrogen-bond donors (Lipinski definition) is 1. The number of ether oxygens (including phenoxy) is 1. The third-order valence-corrected chi connectivity index (χ3v) is 5.94. The Bertz CT molecular complexity index is 998. The zero-order valence-electron chi connectivity index (χ0n) is 18.7. The van der Waals surface area contributed by atoms with Crippen molar-refractivity contribution in [2.45, 2.75) is 39.3 Å². The molecule has 0 spiro atoms. The van der Waals surface area contributed by atoms with Gasteiger partial charge in [-0.1, -0.05) is 42.5 Å². The van der Waals surface area contributed by atoms with E-state index in [1.54, 1.807) is 0 Å². The van der Waals surface area contributed by atoms with E-state index in [0.29, 0.717) is 29.9 Å². The van der Waals surface area contributed by atoms with Crippen molar-refractivity contribution in [3.05, 3.63) is 71.4 Å². The molecular weight excluding hydrogens is 404 g/mol. The predicted octanol–water partition coefficient (Wildman–Crippen LogP) is 3.46. The minimum Gasteiger partial charge on any atom is -0.491 e. The maximum atomic E-state index is 13.5. The molecule has 2 aromatic carbocycles. The lowest BCUT2D eigenvalue weighted by Crippen LogP contribution is -2.40. The maximum absolute atomic E-state index is 13.5. The summed E-state index contributed by atoms with van der Waals surface area (Å²) in [6, 6.07) is 16.9. The number of imide groups is 1. The van der Waals surface area contributed by atoms with Crippen molar-refractivity contribution in [3.8, 4) is 5.75 Å². The van der Waals surface area contributed by atoms with Gasteiger partial charge in [0.2, 0.25) is 0 Å². The second-order valence-electron chi connectivity index (χ2n) is 8.73. The largest absolute Gasteiger partial charge is 0.491 e. The molecule has 0 aromatic heterocycles. The van der Waals surface area contributed by atoms with Crippen molar-refractivity contribution in [1.82, 2.24) is 9.80 Å². The third-order valence-electron chi connectivity index (χ3n) is 5.94. The van der Waals surface area contributed by atoms with Crippen molar-refractivity contribution < 1.29 is 19.4 Å². The van der Waals surface area contributed by atoms with E-state index in [9.17, 15) is 14.7 Å². The van der Waals surface area contributed by atoms with Crippen LogP contribution in [0.5, 0.6) is 5.75 Å². The summed E-state index contributed by atoms with van der Waals surface area (Å²) in [5.74, 6) is 0.278. The van der Waals surface area contributed by atoms with Crippen LogP contribution >= 0.6 is 0 Å². The van der Waals surface area contributed by atoms with E-state index in [-0.39, 0.29) is 37.0 Å². The third kappa shape index (κ3) is 4.55. The van der Waals surface area contributed by atoms with Gasteiger partial charge in [-0.05, 0) is 55.9 Å². The van der Waals surface area contributed by atoms with Crippen LogP contribution in [-0.2, 0) is 16.1 Å². The van der Waals surface area contributed by atoms with Crippen LogP contribution in [0.2, 0.25) is 0 Å². The lowest BCUT2D eigenvalue weighted by atomic mass is 9.97. The highest BCUT2D eigenvalue weighted by molar-refractivity contribution is 6.35. The van der Waals surface area contributed by atoms with Gasteiger partial charge in [0.15, 0.2) is 0 Å². The van der Waals surface area contributed by atoms with Gasteiger partial charge in [-0.3, -0.25) is 14.5 Å². The molecule has 1 saturated heterocycles. The summed E-state index contributed by atoms with van der Waals surface area (Å²) >= 11 is 0. The van der Waals surface area contributed by atoms with E-state index in [1.807, 2.05) is 73.3 Å². The molecule has 2 heterocycles. The van der Waals surface area contributed by atoms with E-state index in [4.69, 9.17) is 4.74 Å². The molecule has 6 heteroatoms. The number of aliphatic hydroxyl groups is 1. The SMILES string of the molecule is CC(C)Oc1ccc(C2=C(N3CCCC(CO)C3)C(=O)N(Cc3ccccc3)C2=O)cc1. The van der Waals surface area contributed by atoms with Crippen LogP contribution in [0.1, 0.15) is 37.8 Å². The highest BCUT2D eigenvalue weighted by Gasteiger charge is 2.42. The molecule has 168 valence electrons. The van der Waals surface area contributed by atoms with E-state index in [2.05, 4.69) is 0 Å². The van der Waals surface area contributed by atoms with E-state index in [0.717, 1.165) is 24.2 Å². The Kier molecular flexibility index (Phi) is 6.61. The number of benzene rings is 2. The molecule has 1 fully saturated rings. The molecule has 1 unspecified atom stereocenters. The number of amides is 2. The maximum Gasteiger partial charge on any atom is 0.278 e. The number of rotatable bonds is 7. The van der Waals surface area contributed by atoms with Gasteiger partial charge >= 0.3 is 0 Å². The molecule has 0 aliphatic carbocycles. The molecule has 0 saturated carbocycles. The summed E-state index contributed by atoms with van der Waals surface area (Å²) in [6.07, 6.45) is 1.85. The molecule has 0 bridgehead atoms. The second kappa shape index (κ2) is 9.57. The zero-order chi connectivity index (χ0) is 22.7. The van der Waals surface area contributed by atoms with Crippen molar-refractivity contribution in [2.75, 3.05) is 19.7 Å². The molecule has 2 aliphatic heterocycles. The number of carbonyl (C=O) groups is 2. The Morgan fingerprint density at radius 3 is 2.41 bits per heavy atom. The van der Waals surface area contributed by atoms with E-state index in [1.165, 1.54) is 4.90 Å². The summed E-state index contributed by atoms with van der Waals surface area (Å²) in [5.41, 5.74) is 2.49. The first-order valence-corrected chi connectivity index (χ1v) is 11.2. The molecule has 2 aliphatic rings. The van der Waals surface area contributed by atoms with Gasteiger partial charge in [0, 0.05) is 19.7 Å². The highest BCUT2D eigenvalue weighted by Crippen LogP contribution is 2.35. The second-order valence-corrected chi connectivity index (χ2v) is 8.73. The summed E-state index contributed by atoms with van der Waals surface area (Å²) in [7, 11) is 0. The zero-order valence-corrected chi connectivity index (χ0v) is 18.7. The van der Waals surface area contributed by atoms with Gasteiger partial charge in [0.25, 0.3) is 11.8 Å². The first kappa shape index (κ1) is 22.1. The molecule has 2 amide bonds. The Balaban J connectivity index is 1.70.